The zero-order valence-corrected chi connectivity index (χ0v) is 31.8. The zero-order valence-electron chi connectivity index (χ0n) is 29.4. The number of allylic oxidation sites excluding steroid dienone is 2. The summed E-state index contributed by atoms with van der Waals surface area (Å²) in [5.41, 5.74) is 18.1. The zero-order chi connectivity index (χ0) is 34.7. The number of aromatic nitrogens is 1. The number of pyridine rings is 1. The van der Waals surface area contributed by atoms with E-state index in [1.165, 1.54) is 80.5 Å². The van der Waals surface area contributed by atoms with Crippen LogP contribution in [0.2, 0.25) is 0 Å². The van der Waals surface area contributed by atoms with E-state index in [0.29, 0.717) is 0 Å². The molecule has 249 valence electrons. The molecule has 2 heterocycles. The van der Waals surface area contributed by atoms with Gasteiger partial charge in [0.25, 0.3) is 0 Å². The van der Waals surface area contributed by atoms with Gasteiger partial charge in [-0.1, -0.05) is 146 Å². The molecule has 5 aromatic carbocycles. The van der Waals surface area contributed by atoms with Crippen molar-refractivity contribution in [1.29, 1.82) is 0 Å². The van der Waals surface area contributed by atoms with E-state index in [2.05, 4.69) is 131 Å². The minimum atomic E-state index is -0.125. The molecule has 3 nitrogen and oxygen atoms in total. The topological polar surface area (TPSA) is 50.2 Å². The number of aryl methyl sites for hydroxylation is 4. The smallest absolute Gasteiger partial charge is 0.241 e. The minimum absolute atomic E-state index is 0. The van der Waals surface area contributed by atoms with Crippen LogP contribution in [-0.4, -0.2) is 29.3 Å². The van der Waals surface area contributed by atoms with Crippen molar-refractivity contribution in [3.8, 4) is 22.4 Å². The van der Waals surface area contributed by atoms with Gasteiger partial charge in [0.05, 0.1) is 5.76 Å². The summed E-state index contributed by atoms with van der Waals surface area (Å²) in [6.45, 7) is 12.2. The van der Waals surface area contributed by atoms with Gasteiger partial charge >= 0.3 is 0 Å². The third-order valence-electron chi connectivity index (χ3n) is 9.49. The summed E-state index contributed by atoms with van der Waals surface area (Å²) in [5.74, 6) is -0.0625. The maximum atomic E-state index is 10.0. The third-order valence-corrected chi connectivity index (χ3v) is 9.49. The second-order valence-corrected chi connectivity index (χ2v) is 13.0. The number of fused-ring (bicyclic) bond motifs is 2. The molecule has 7 rings (SSSR count). The van der Waals surface area contributed by atoms with Crippen LogP contribution in [0.3, 0.4) is 0 Å². The third kappa shape index (κ3) is 7.38. The molecule has 1 aliphatic heterocycles. The Kier molecular flexibility index (Phi) is 11.6. The van der Waals surface area contributed by atoms with Crippen LogP contribution < -0.4 is 32.8 Å². The van der Waals surface area contributed by atoms with E-state index >= 15 is 0 Å². The number of ketones is 1. The monoisotopic (exact) mass is 829 g/mol. The van der Waals surface area contributed by atoms with Gasteiger partial charge in [-0.25, -0.2) is 0 Å². The minimum Gasteiger partial charge on any atom is -0.512 e. The fourth-order valence-electron chi connectivity index (χ4n) is 7.50. The van der Waals surface area contributed by atoms with Crippen LogP contribution >= 0.6 is 0 Å². The van der Waals surface area contributed by atoms with Gasteiger partial charge in [-0.3, -0.25) is 4.79 Å². The van der Waals surface area contributed by atoms with Crippen molar-refractivity contribution in [3.63, 3.8) is 0 Å². The molecule has 6 heteroatoms. The molecule has 50 heavy (non-hydrogen) atoms. The fourth-order valence-corrected chi connectivity index (χ4v) is 7.50. The Morgan fingerprint density at radius 2 is 1.18 bits per heavy atom. The van der Waals surface area contributed by atoms with Crippen molar-refractivity contribution in [2.45, 2.75) is 41.5 Å². The normalized spacial score (nSPS) is 11.8. The van der Waals surface area contributed by atoms with E-state index in [4.69, 9.17) is 10.1 Å². The number of nitrogens with zero attached hydrogens (tertiary/aromatic N) is 1. The molecule has 0 unspecified atom stereocenters. The van der Waals surface area contributed by atoms with Gasteiger partial charge in [0.15, 0.2) is 5.78 Å². The van der Waals surface area contributed by atoms with Gasteiger partial charge in [-0.15, -0.1) is 35.9 Å². The summed E-state index contributed by atoms with van der Waals surface area (Å²) in [6.07, 6.45) is 3.21. The number of rotatable bonds is 5. The van der Waals surface area contributed by atoms with Crippen LogP contribution in [0.25, 0.3) is 22.4 Å². The summed E-state index contributed by atoms with van der Waals surface area (Å²) < 4.78 is 0. The summed E-state index contributed by atoms with van der Waals surface area (Å²) in [4.78, 5) is 14.9. The average Bonchev–Trinajstić information content (AvgIpc) is 3.08. The van der Waals surface area contributed by atoms with Crippen molar-refractivity contribution in [2.24, 2.45) is 0 Å². The van der Waals surface area contributed by atoms with Gasteiger partial charge < -0.3 is 10.1 Å². The first-order valence-electron chi connectivity index (χ1n) is 16.8. The van der Waals surface area contributed by atoms with Crippen LogP contribution in [0.15, 0.2) is 133 Å². The summed E-state index contributed by atoms with van der Waals surface area (Å²) in [6, 6.07) is 45.2. The van der Waals surface area contributed by atoms with Crippen molar-refractivity contribution in [2.75, 3.05) is 0 Å². The van der Waals surface area contributed by atoms with E-state index in [-0.39, 0.29) is 45.1 Å². The predicted molar refractivity (Wildman–Crippen MR) is 209 cm³/mol. The van der Waals surface area contributed by atoms with Crippen LogP contribution in [0.4, 0.5) is 0 Å². The predicted octanol–water partition coefficient (Wildman–Crippen LogP) is 5.83. The second kappa shape index (κ2) is 15.8. The van der Waals surface area contributed by atoms with Crippen LogP contribution in [0.1, 0.15) is 36.1 Å². The number of aliphatic hydroxyl groups is 1. The average molecular weight is 829 g/mol. The Bertz CT molecular complexity index is 2130. The summed E-state index contributed by atoms with van der Waals surface area (Å²) in [5, 5.41) is 8.36. The van der Waals surface area contributed by atoms with E-state index in [0.717, 1.165) is 16.8 Å². The van der Waals surface area contributed by atoms with Crippen molar-refractivity contribution in [1.82, 2.24) is 4.98 Å². The first-order valence-corrected chi connectivity index (χ1v) is 16.8. The molecule has 1 N–H and O–H groups in total. The van der Waals surface area contributed by atoms with Crippen LogP contribution in [-0.2, 0) is 24.9 Å². The molecule has 0 bridgehead atoms. The van der Waals surface area contributed by atoms with Crippen LogP contribution in [0.5, 0.6) is 0 Å². The molecule has 0 aliphatic carbocycles. The van der Waals surface area contributed by atoms with Crippen molar-refractivity contribution >= 4 is 52.0 Å². The summed E-state index contributed by atoms with van der Waals surface area (Å²) in [7, 11) is 0. The molecule has 1 aromatic heterocycles. The molecule has 1 aliphatic rings. The van der Waals surface area contributed by atoms with Crippen molar-refractivity contribution < 1.29 is 30.0 Å². The Labute approximate surface area is 311 Å². The van der Waals surface area contributed by atoms with E-state index in [1.807, 2.05) is 24.4 Å². The molecule has 1 radical (unpaired) electrons. The number of hydrogen-bond donors (Lipinski definition) is 1. The SMILES string of the molecule is CC(=O)C=C(C)O.Cc1cccc(C)c1B1c2ccccc2B(c2c(C)cccc2C)c2c1cccc2-c1ccc(-c2[c-]cccc2)nc1.[Ir]. The van der Waals surface area contributed by atoms with Gasteiger partial charge in [0, 0.05) is 32.4 Å². The molecule has 0 atom stereocenters. The standard InChI is InChI=1S/C39H32B2N.C5H8O2.Ir/c1-26-13-10-14-27(2)37(26)40-33-20-8-9-21-34(33)41(38-28(3)15-11-16-29(38)4)39-32(19-12-22-35(39)40)31-23-24-36(42-25-31)30-17-6-5-7-18-30;1-4(6)3-5(2)7;/h5-17,19-25H,1-4H3;3,6H,1-2H3;/q-1;;. The Hall–Kier alpha value is -4.76. The number of carbonyl (C=O) groups is 1. The Morgan fingerprint density at radius 3 is 1.68 bits per heavy atom. The number of benzene rings is 5. The van der Waals surface area contributed by atoms with E-state index in [9.17, 15) is 4.79 Å². The number of carbonyl (C=O) groups excluding carboxylic acids is 1. The molecular formula is C44H40B2IrNO2-. The first kappa shape index (κ1) is 36.5. The first-order chi connectivity index (χ1) is 23.7. The molecule has 0 saturated heterocycles. The quantitative estimate of drug-likeness (QED) is 0.103. The molecular weight excluding hydrogens is 788 g/mol. The van der Waals surface area contributed by atoms with Crippen LogP contribution in [0, 0.1) is 33.8 Å². The van der Waals surface area contributed by atoms with E-state index in [1.54, 1.807) is 0 Å². The van der Waals surface area contributed by atoms with Gasteiger partial charge in [-0.2, -0.15) is 0 Å². The molecule has 6 aromatic rings. The number of aliphatic hydroxyl groups excluding tert-OH is 1. The maximum Gasteiger partial charge on any atom is 0.241 e. The molecule has 0 spiro atoms. The van der Waals surface area contributed by atoms with Gasteiger partial charge in [-0.05, 0) is 58.4 Å². The largest absolute Gasteiger partial charge is 0.512 e. The Morgan fingerprint density at radius 1 is 0.640 bits per heavy atom. The number of hydrogen-bond acceptors (Lipinski definition) is 3. The van der Waals surface area contributed by atoms with Gasteiger partial charge in [0.2, 0.25) is 13.4 Å². The summed E-state index contributed by atoms with van der Waals surface area (Å²) >= 11 is 0. The van der Waals surface area contributed by atoms with E-state index < -0.39 is 0 Å². The molecule has 0 saturated carbocycles. The second-order valence-electron chi connectivity index (χ2n) is 13.0. The molecule has 0 amide bonds. The Balaban J connectivity index is 0.000000553. The fraction of sp³-hybridized carbons (Fsp3) is 0.136. The van der Waals surface area contributed by atoms with Crippen molar-refractivity contribution in [3.05, 3.63) is 162 Å². The molecule has 0 fully saturated rings. The van der Waals surface area contributed by atoms with Gasteiger partial charge in [0.1, 0.15) is 0 Å². The maximum absolute atomic E-state index is 10.0.